The molecular weight excluding hydrogens is 320 g/mol. The van der Waals surface area contributed by atoms with Gasteiger partial charge in [0, 0.05) is 6.54 Å². The van der Waals surface area contributed by atoms with E-state index in [1.807, 2.05) is 52.0 Å². The van der Waals surface area contributed by atoms with Crippen molar-refractivity contribution in [2.75, 3.05) is 0 Å². The van der Waals surface area contributed by atoms with E-state index < -0.39 is 0 Å². The number of benzene rings is 1. The number of carbonyl (C=O) groups is 1. The van der Waals surface area contributed by atoms with Crippen molar-refractivity contribution in [3.05, 3.63) is 41.5 Å². The molecule has 0 saturated heterocycles. The van der Waals surface area contributed by atoms with Crippen LogP contribution >= 0.6 is 0 Å². The SMILES string of the molecule is Cc1noc(C(NC(=O)NCc2cccc(OC(C)C)c2)C(C)C)n1. The van der Waals surface area contributed by atoms with Crippen LogP contribution in [0.25, 0.3) is 0 Å². The molecule has 0 fully saturated rings. The second kappa shape index (κ2) is 8.50. The minimum atomic E-state index is -0.336. The van der Waals surface area contributed by atoms with Gasteiger partial charge in [-0.3, -0.25) is 0 Å². The van der Waals surface area contributed by atoms with Crippen LogP contribution in [0.3, 0.4) is 0 Å². The quantitative estimate of drug-likeness (QED) is 0.802. The molecule has 1 unspecified atom stereocenters. The standard InChI is InChI=1S/C18H26N4O3/c1-11(2)16(17-20-13(5)22-25-17)21-18(23)19-10-14-7-6-8-15(9-14)24-12(3)4/h6-9,11-12,16H,10H2,1-5H3,(H2,19,21,23). The highest BCUT2D eigenvalue weighted by molar-refractivity contribution is 5.74. The first-order valence-electron chi connectivity index (χ1n) is 8.45. The monoisotopic (exact) mass is 346 g/mol. The van der Waals surface area contributed by atoms with Gasteiger partial charge in [-0.25, -0.2) is 4.79 Å². The Hall–Kier alpha value is -2.57. The van der Waals surface area contributed by atoms with E-state index in [9.17, 15) is 4.79 Å². The number of hydrogen-bond donors (Lipinski definition) is 2. The lowest BCUT2D eigenvalue weighted by Crippen LogP contribution is -2.39. The van der Waals surface area contributed by atoms with Crippen molar-refractivity contribution in [2.24, 2.45) is 5.92 Å². The number of aryl methyl sites for hydroxylation is 1. The number of ether oxygens (including phenoxy) is 1. The molecule has 2 rings (SSSR count). The van der Waals surface area contributed by atoms with Gasteiger partial charge in [-0.15, -0.1) is 0 Å². The van der Waals surface area contributed by atoms with Crippen LogP contribution in [0.15, 0.2) is 28.8 Å². The number of hydrogen-bond acceptors (Lipinski definition) is 5. The molecule has 0 aliphatic carbocycles. The maximum Gasteiger partial charge on any atom is 0.315 e. The third-order valence-electron chi connectivity index (χ3n) is 3.49. The maximum atomic E-state index is 12.2. The van der Waals surface area contributed by atoms with Crippen molar-refractivity contribution < 1.29 is 14.1 Å². The first-order valence-corrected chi connectivity index (χ1v) is 8.45. The summed E-state index contributed by atoms with van der Waals surface area (Å²) < 4.78 is 10.8. The zero-order chi connectivity index (χ0) is 18.4. The van der Waals surface area contributed by atoms with Gasteiger partial charge in [-0.1, -0.05) is 31.1 Å². The second-order valence-corrected chi connectivity index (χ2v) is 6.54. The Bertz CT molecular complexity index is 697. The van der Waals surface area contributed by atoms with Crippen LogP contribution in [0, 0.1) is 12.8 Å². The number of urea groups is 1. The van der Waals surface area contributed by atoms with Gasteiger partial charge in [-0.2, -0.15) is 4.98 Å². The van der Waals surface area contributed by atoms with Gasteiger partial charge in [0.15, 0.2) is 5.82 Å². The summed E-state index contributed by atoms with van der Waals surface area (Å²) in [6, 6.07) is 7.04. The average Bonchev–Trinajstić information content (AvgIpc) is 2.96. The van der Waals surface area contributed by atoms with Gasteiger partial charge < -0.3 is 19.9 Å². The molecule has 1 aromatic heterocycles. The molecule has 136 valence electrons. The smallest absolute Gasteiger partial charge is 0.315 e. The van der Waals surface area contributed by atoms with Crippen LogP contribution in [0.5, 0.6) is 5.75 Å². The molecule has 2 aromatic rings. The molecule has 1 aromatic carbocycles. The van der Waals surface area contributed by atoms with Crippen molar-refractivity contribution in [3.63, 3.8) is 0 Å². The number of carbonyl (C=O) groups excluding carboxylic acids is 1. The summed E-state index contributed by atoms with van der Waals surface area (Å²) in [4.78, 5) is 16.4. The summed E-state index contributed by atoms with van der Waals surface area (Å²) in [6.45, 7) is 10.1. The number of nitrogens with one attached hydrogen (secondary N) is 2. The van der Waals surface area contributed by atoms with E-state index in [1.54, 1.807) is 6.92 Å². The highest BCUT2D eigenvalue weighted by Gasteiger charge is 2.23. The molecule has 0 radical (unpaired) electrons. The molecule has 2 N–H and O–H groups in total. The van der Waals surface area contributed by atoms with Crippen LogP contribution in [0.2, 0.25) is 0 Å². The van der Waals surface area contributed by atoms with Crippen LogP contribution in [-0.2, 0) is 6.54 Å². The van der Waals surface area contributed by atoms with E-state index >= 15 is 0 Å². The Morgan fingerprint density at radius 3 is 2.64 bits per heavy atom. The molecule has 7 nitrogen and oxygen atoms in total. The molecule has 0 bridgehead atoms. The maximum absolute atomic E-state index is 12.2. The Balaban J connectivity index is 1.93. The zero-order valence-corrected chi connectivity index (χ0v) is 15.4. The van der Waals surface area contributed by atoms with Crippen molar-refractivity contribution in [3.8, 4) is 5.75 Å². The normalized spacial score (nSPS) is 12.3. The largest absolute Gasteiger partial charge is 0.491 e. The van der Waals surface area contributed by atoms with E-state index in [-0.39, 0.29) is 24.1 Å². The van der Waals surface area contributed by atoms with Gasteiger partial charge in [0.2, 0.25) is 5.89 Å². The molecule has 0 spiro atoms. The molecule has 1 heterocycles. The van der Waals surface area contributed by atoms with Crippen molar-refractivity contribution >= 4 is 6.03 Å². The third kappa shape index (κ3) is 5.77. The van der Waals surface area contributed by atoms with Crippen LogP contribution < -0.4 is 15.4 Å². The highest BCUT2D eigenvalue weighted by Crippen LogP contribution is 2.20. The van der Waals surface area contributed by atoms with E-state index in [1.165, 1.54) is 0 Å². The summed E-state index contributed by atoms with van der Waals surface area (Å²) in [6.07, 6.45) is 0.108. The average molecular weight is 346 g/mol. The number of nitrogens with zero attached hydrogens (tertiary/aromatic N) is 2. The molecule has 1 atom stereocenters. The number of amides is 2. The van der Waals surface area contributed by atoms with Gasteiger partial charge in [0.25, 0.3) is 0 Å². The fourth-order valence-electron chi connectivity index (χ4n) is 2.33. The van der Waals surface area contributed by atoms with E-state index in [0.717, 1.165) is 11.3 Å². The predicted molar refractivity (Wildman–Crippen MR) is 94.2 cm³/mol. The minimum absolute atomic E-state index is 0.108. The van der Waals surface area contributed by atoms with Crippen molar-refractivity contribution in [1.29, 1.82) is 0 Å². The summed E-state index contributed by atoms with van der Waals surface area (Å²) in [5, 5.41) is 9.51. The third-order valence-corrected chi connectivity index (χ3v) is 3.49. The zero-order valence-electron chi connectivity index (χ0n) is 15.4. The lowest BCUT2D eigenvalue weighted by Gasteiger charge is -2.19. The molecular formula is C18H26N4O3. The van der Waals surface area contributed by atoms with E-state index in [0.29, 0.717) is 18.3 Å². The summed E-state index contributed by atoms with van der Waals surface area (Å²) >= 11 is 0. The Labute approximate surface area is 148 Å². The number of rotatable bonds is 7. The molecule has 0 saturated carbocycles. The fraction of sp³-hybridized carbons (Fsp3) is 0.500. The minimum Gasteiger partial charge on any atom is -0.491 e. The first kappa shape index (κ1) is 18.8. The fourth-order valence-corrected chi connectivity index (χ4v) is 2.33. The van der Waals surface area contributed by atoms with Crippen molar-refractivity contribution in [1.82, 2.24) is 20.8 Å². The lowest BCUT2D eigenvalue weighted by atomic mass is 10.0. The lowest BCUT2D eigenvalue weighted by molar-refractivity contribution is 0.224. The van der Waals surface area contributed by atoms with Crippen LogP contribution in [-0.4, -0.2) is 22.3 Å². The molecule has 0 aliphatic heterocycles. The summed E-state index contributed by atoms with van der Waals surface area (Å²) in [5.41, 5.74) is 0.961. The Morgan fingerprint density at radius 2 is 2.04 bits per heavy atom. The molecule has 2 amide bonds. The van der Waals surface area contributed by atoms with Gasteiger partial charge in [0.05, 0.1) is 6.10 Å². The summed E-state index contributed by atoms with van der Waals surface area (Å²) in [5.74, 6) is 1.87. The van der Waals surface area contributed by atoms with Crippen molar-refractivity contribution in [2.45, 2.75) is 53.3 Å². The molecule has 25 heavy (non-hydrogen) atoms. The second-order valence-electron chi connectivity index (χ2n) is 6.54. The predicted octanol–water partition coefficient (Wildman–Crippen LogP) is 3.36. The van der Waals surface area contributed by atoms with Gasteiger partial charge >= 0.3 is 6.03 Å². The van der Waals surface area contributed by atoms with Crippen LogP contribution in [0.1, 0.15) is 51.0 Å². The van der Waals surface area contributed by atoms with Gasteiger partial charge in [-0.05, 0) is 44.4 Å². The van der Waals surface area contributed by atoms with Crippen LogP contribution in [0.4, 0.5) is 4.79 Å². The molecule has 0 aliphatic rings. The Kier molecular flexibility index (Phi) is 6.38. The Morgan fingerprint density at radius 1 is 1.28 bits per heavy atom. The highest BCUT2D eigenvalue weighted by atomic mass is 16.5. The summed E-state index contributed by atoms with van der Waals surface area (Å²) in [7, 11) is 0. The van der Waals surface area contributed by atoms with E-state index in [4.69, 9.17) is 9.26 Å². The topological polar surface area (TPSA) is 89.3 Å². The van der Waals surface area contributed by atoms with E-state index in [2.05, 4.69) is 20.8 Å². The first-order chi connectivity index (χ1) is 11.8. The number of aromatic nitrogens is 2. The molecule has 7 heteroatoms. The van der Waals surface area contributed by atoms with Gasteiger partial charge in [0.1, 0.15) is 11.8 Å².